The van der Waals surface area contributed by atoms with Gasteiger partial charge in [-0.1, -0.05) is 18.2 Å². The number of benzene rings is 2. The highest BCUT2D eigenvalue weighted by atomic mass is 32.2. The fourth-order valence-corrected chi connectivity index (χ4v) is 5.74. The quantitative estimate of drug-likeness (QED) is 0.546. The number of H-pyrrole nitrogens is 1. The van der Waals surface area contributed by atoms with Gasteiger partial charge in [0.2, 0.25) is 0 Å². The van der Waals surface area contributed by atoms with Crippen molar-refractivity contribution in [1.29, 1.82) is 0 Å². The molecule has 2 aromatic carbocycles. The van der Waals surface area contributed by atoms with Crippen LogP contribution in [0.4, 0.5) is 20.3 Å². The van der Waals surface area contributed by atoms with E-state index in [1.807, 2.05) is 0 Å². The summed E-state index contributed by atoms with van der Waals surface area (Å²) in [7, 11) is -4.21. The molecular formula is C20H19F2N7O2S. The minimum Gasteiger partial charge on any atom is -0.369 e. The molecule has 0 spiro atoms. The number of nitrogens with zero attached hydrogens (tertiary/aromatic N) is 4. The molecule has 2 aliphatic rings. The van der Waals surface area contributed by atoms with E-state index in [-0.39, 0.29) is 17.4 Å². The Balaban J connectivity index is 1.58. The van der Waals surface area contributed by atoms with Crippen LogP contribution in [0.2, 0.25) is 0 Å². The first-order valence-corrected chi connectivity index (χ1v) is 11.2. The van der Waals surface area contributed by atoms with Crippen LogP contribution in [0.5, 0.6) is 0 Å². The highest BCUT2D eigenvalue weighted by Gasteiger charge is 2.40. The first-order valence-electron chi connectivity index (χ1n) is 9.74. The Morgan fingerprint density at radius 1 is 1.12 bits per heavy atom. The van der Waals surface area contributed by atoms with Crippen LogP contribution in [0.15, 0.2) is 58.5 Å². The molecule has 0 aliphatic carbocycles. The van der Waals surface area contributed by atoms with Crippen molar-refractivity contribution >= 4 is 27.5 Å². The van der Waals surface area contributed by atoms with Crippen LogP contribution in [0.1, 0.15) is 17.3 Å². The number of fused-ring (bicyclic) bond motifs is 2. The molecule has 12 heteroatoms. The molecule has 0 saturated carbocycles. The summed E-state index contributed by atoms with van der Waals surface area (Å²) in [5, 5.41) is 6.67. The third kappa shape index (κ3) is 3.10. The number of aliphatic imine (C=N–C) groups is 1. The highest BCUT2D eigenvalue weighted by Crippen LogP contribution is 2.37. The average molecular weight is 459 g/mol. The van der Waals surface area contributed by atoms with Gasteiger partial charge in [0, 0.05) is 0 Å². The predicted octanol–water partition coefficient (Wildman–Crippen LogP) is 1.73. The third-order valence-electron chi connectivity index (χ3n) is 5.72. The Labute approximate surface area is 182 Å². The standard InChI is InChI=1S/C20H19F2N7O2S/c21-15-6-5-13(8-16(15)22)32(30,31)28-10-12(7-11-3-1-2-4-17(11)28)29-18(23)14-9-25-27-19(14)26-20(29)24/h1-6,8-9,12,18H,7,10,23H2,(H3,24,25,26,27). The fourth-order valence-electron chi connectivity index (χ4n) is 4.19. The number of aromatic amines is 1. The van der Waals surface area contributed by atoms with E-state index in [2.05, 4.69) is 15.2 Å². The molecule has 2 unspecified atom stereocenters. The van der Waals surface area contributed by atoms with Gasteiger partial charge < -0.3 is 16.4 Å². The van der Waals surface area contributed by atoms with Crippen LogP contribution >= 0.6 is 0 Å². The molecule has 5 N–H and O–H groups in total. The third-order valence-corrected chi connectivity index (χ3v) is 7.50. The monoisotopic (exact) mass is 459 g/mol. The van der Waals surface area contributed by atoms with Crippen molar-refractivity contribution in [3.05, 3.63) is 71.4 Å². The lowest BCUT2D eigenvalue weighted by atomic mass is 9.97. The summed E-state index contributed by atoms with van der Waals surface area (Å²) in [6.07, 6.45) is 1.32. The maximum atomic E-state index is 13.8. The van der Waals surface area contributed by atoms with Crippen LogP contribution < -0.4 is 15.8 Å². The molecular weight excluding hydrogens is 440 g/mol. The fraction of sp³-hybridized carbons (Fsp3) is 0.200. The number of aromatic nitrogens is 2. The summed E-state index contributed by atoms with van der Waals surface area (Å²) in [6, 6.07) is 9.04. The second kappa shape index (κ2) is 7.28. The van der Waals surface area contributed by atoms with E-state index < -0.39 is 33.9 Å². The van der Waals surface area contributed by atoms with Crippen molar-refractivity contribution in [2.75, 3.05) is 10.8 Å². The maximum Gasteiger partial charge on any atom is 0.264 e. The zero-order valence-corrected chi connectivity index (χ0v) is 17.4. The van der Waals surface area contributed by atoms with Crippen molar-refractivity contribution in [3.8, 4) is 0 Å². The molecule has 1 aromatic heterocycles. The average Bonchev–Trinajstić information content (AvgIpc) is 3.23. The molecule has 0 radical (unpaired) electrons. The molecule has 2 aliphatic heterocycles. The smallest absolute Gasteiger partial charge is 0.264 e. The SMILES string of the molecule is NC1=Nc2[nH]ncc2C(N)N1C1Cc2ccccc2N(S(=O)(=O)c2ccc(F)c(F)c2)C1. The largest absolute Gasteiger partial charge is 0.369 e. The van der Waals surface area contributed by atoms with E-state index in [1.54, 1.807) is 35.4 Å². The molecule has 166 valence electrons. The topological polar surface area (TPSA) is 134 Å². The first kappa shape index (κ1) is 20.4. The Morgan fingerprint density at radius 3 is 2.69 bits per heavy atom. The minimum atomic E-state index is -4.21. The van der Waals surface area contributed by atoms with E-state index in [4.69, 9.17) is 11.5 Å². The van der Waals surface area contributed by atoms with Gasteiger partial charge in [0.15, 0.2) is 23.4 Å². The lowest BCUT2D eigenvalue weighted by Gasteiger charge is -2.44. The van der Waals surface area contributed by atoms with E-state index in [1.165, 1.54) is 4.31 Å². The summed E-state index contributed by atoms with van der Waals surface area (Å²) >= 11 is 0. The number of hydrogen-bond acceptors (Lipinski definition) is 7. The number of nitrogens with two attached hydrogens (primary N) is 2. The first-order chi connectivity index (χ1) is 15.3. The van der Waals surface area contributed by atoms with E-state index in [0.717, 1.165) is 17.7 Å². The van der Waals surface area contributed by atoms with Gasteiger partial charge in [0.1, 0.15) is 6.17 Å². The van der Waals surface area contributed by atoms with Crippen molar-refractivity contribution in [3.63, 3.8) is 0 Å². The second-order valence-corrected chi connectivity index (χ2v) is 9.46. The molecule has 0 fully saturated rings. The van der Waals surface area contributed by atoms with Gasteiger partial charge in [-0.05, 0) is 36.2 Å². The Morgan fingerprint density at radius 2 is 1.91 bits per heavy atom. The highest BCUT2D eigenvalue weighted by molar-refractivity contribution is 7.92. The molecule has 0 saturated heterocycles. The van der Waals surface area contributed by atoms with Gasteiger partial charge in [-0.15, -0.1) is 0 Å². The number of hydrogen-bond donors (Lipinski definition) is 3. The van der Waals surface area contributed by atoms with E-state index in [0.29, 0.717) is 29.6 Å². The predicted molar refractivity (Wildman–Crippen MR) is 113 cm³/mol. The maximum absolute atomic E-state index is 13.8. The van der Waals surface area contributed by atoms with Crippen molar-refractivity contribution in [2.45, 2.75) is 23.5 Å². The molecule has 2 atom stereocenters. The molecule has 0 bridgehead atoms. The van der Waals surface area contributed by atoms with Crippen LogP contribution in [-0.2, 0) is 16.4 Å². The molecule has 3 aromatic rings. The van der Waals surface area contributed by atoms with Gasteiger partial charge in [0.05, 0.1) is 34.9 Å². The minimum absolute atomic E-state index is 0.0184. The normalized spacial score (nSPS) is 20.5. The molecule has 0 amide bonds. The zero-order valence-electron chi connectivity index (χ0n) is 16.6. The van der Waals surface area contributed by atoms with E-state index >= 15 is 0 Å². The number of rotatable bonds is 3. The van der Waals surface area contributed by atoms with Crippen LogP contribution in [0.25, 0.3) is 0 Å². The van der Waals surface area contributed by atoms with Crippen molar-refractivity contribution in [2.24, 2.45) is 16.5 Å². The van der Waals surface area contributed by atoms with Gasteiger partial charge in [-0.3, -0.25) is 9.40 Å². The van der Waals surface area contributed by atoms with Crippen LogP contribution in [0.3, 0.4) is 0 Å². The summed E-state index contributed by atoms with van der Waals surface area (Å²) in [5.41, 5.74) is 14.4. The Bertz CT molecular complexity index is 1340. The Hall–Kier alpha value is -3.51. The number of anilines is 1. The molecule has 32 heavy (non-hydrogen) atoms. The zero-order chi connectivity index (χ0) is 22.6. The number of sulfonamides is 1. The van der Waals surface area contributed by atoms with Crippen molar-refractivity contribution < 1.29 is 17.2 Å². The number of nitrogens with one attached hydrogen (secondary N) is 1. The van der Waals surface area contributed by atoms with Gasteiger partial charge in [-0.2, -0.15) is 10.1 Å². The number of para-hydroxylation sites is 1. The second-order valence-electron chi connectivity index (χ2n) is 7.59. The lowest BCUT2D eigenvalue weighted by Crippen LogP contribution is -2.57. The van der Waals surface area contributed by atoms with Gasteiger partial charge >= 0.3 is 0 Å². The van der Waals surface area contributed by atoms with E-state index in [9.17, 15) is 17.2 Å². The van der Waals surface area contributed by atoms with Crippen LogP contribution in [-0.4, -0.2) is 42.1 Å². The lowest BCUT2D eigenvalue weighted by molar-refractivity contribution is 0.233. The summed E-state index contributed by atoms with van der Waals surface area (Å²) in [6.45, 7) is -0.0184. The summed E-state index contributed by atoms with van der Waals surface area (Å²) < 4.78 is 55.4. The summed E-state index contributed by atoms with van der Waals surface area (Å²) in [5.74, 6) is -1.78. The van der Waals surface area contributed by atoms with Crippen molar-refractivity contribution in [1.82, 2.24) is 15.1 Å². The van der Waals surface area contributed by atoms with Gasteiger partial charge in [0.25, 0.3) is 10.0 Å². The molecule has 3 heterocycles. The van der Waals surface area contributed by atoms with Crippen LogP contribution in [0, 0.1) is 11.6 Å². The summed E-state index contributed by atoms with van der Waals surface area (Å²) in [4.78, 5) is 5.60. The van der Waals surface area contributed by atoms with Gasteiger partial charge in [-0.25, -0.2) is 17.2 Å². The molecule has 9 nitrogen and oxygen atoms in total. The number of guanidine groups is 1. The molecule has 5 rings (SSSR count). The Kier molecular flexibility index (Phi) is 4.64. The number of halogens is 2.